The Kier molecular flexibility index (Phi) is 5.21. The number of hydrogen-bond donors (Lipinski definition) is 1. The summed E-state index contributed by atoms with van der Waals surface area (Å²) < 4.78 is 26.7. The van der Waals surface area contributed by atoms with Gasteiger partial charge in [-0.2, -0.15) is 10.4 Å². The van der Waals surface area contributed by atoms with Gasteiger partial charge in [-0.05, 0) is 30.3 Å². The summed E-state index contributed by atoms with van der Waals surface area (Å²) in [5.74, 6) is 0.130. The summed E-state index contributed by atoms with van der Waals surface area (Å²) in [6.45, 7) is 0.553. The van der Waals surface area contributed by atoms with E-state index in [1.807, 2.05) is 0 Å². The normalized spacial score (nSPS) is 14.3. The van der Waals surface area contributed by atoms with Gasteiger partial charge in [-0.15, -0.1) is 0 Å². The van der Waals surface area contributed by atoms with Crippen molar-refractivity contribution in [2.45, 2.75) is 4.90 Å². The molecule has 1 aliphatic rings. The van der Waals surface area contributed by atoms with Crippen molar-refractivity contribution in [2.75, 3.05) is 13.1 Å². The molecule has 0 atom stereocenters. The topological polar surface area (TPSA) is 97.9 Å². The zero-order chi connectivity index (χ0) is 18.6. The number of halogens is 1. The van der Waals surface area contributed by atoms with Crippen LogP contribution in [-0.2, 0) is 10.0 Å². The molecule has 2 aromatic carbocycles. The lowest BCUT2D eigenvalue weighted by atomic mass is 10.1. The zero-order valence-electron chi connectivity index (χ0n) is 13.5. The van der Waals surface area contributed by atoms with E-state index in [0.29, 0.717) is 22.7 Å². The van der Waals surface area contributed by atoms with Gasteiger partial charge in [0, 0.05) is 10.6 Å². The summed E-state index contributed by atoms with van der Waals surface area (Å²) in [7, 11) is -3.76. The Morgan fingerprint density at radius 2 is 1.96 bits per heavy atom. The highest BCUT2D eigenvalue weighted by atomic mass is 35.5. The molecule has 0 saturated heterocycles. The lowest BCUT2D eigenvalue weighted by Gasteiger charge is -2.19. The van der Waals surface area contributed by atoms with E-state index in [1.165, 1.54) is 30.5 Å². The summed E-state index contributed by atoms with van der Waals surface area (Å²) in [4.78, 5) is 4.27. The van der Waals surface area contributed by atoms with E-state index in [1.54, 1.807) is 24.3 Å². The van der Waals surface area contributed by atoms with E-state index < -0.39 is 10.0 Å². The lowest BCUT2D eigenvalue weighted by molar-refractivity contribution is 0.532. The molecule has 0 bridgehead atoms. The second kappa shape index (κ2) is 7.56. The van der Waals surface area contributed by atoms with Gasteiger partial charge in [-0.1, -0.05) is 29.8 Å². The van der Waals surface area contributed by atoms with E-state index in [2.05, 4.69) is 21.6 Å². The minimum atomic E-state index is -3.76. The molecule has 0 radical (unpaired) electrons. The van der Waals surface area contributed by atoms with Crippen LogP contribution >= 0.6 is 11.6 Å². The summed E-state index contributed by atoms with van der Waals surface area (Å²) in [6.07, 6.45) is 1.45. The predicted octanol–water partition coefficient (Wildman–Crippen LogP) is 2.20. The SMILES string of the molecule is N#Cc1ccccc1/C=N/NC1=NCCN1S(=O)(=O)c1ccc(Cl)cc1. The largest absolute Gasteiger partial charge is 0.266 e. The van der Waals surface area contributed by atoms with Crippen molar-refractivity contribution in [2.24, 2.45) is 10.1 Å². The van der Waals surface area contributed by atoms with Crippen molar-refractivity contribution >= 4 is 33.8 Å². The molecule has 132 valence electrons. The average Bonchev–Trinajstić information content (AvgIpc) is 3.12. The van der Waals surface area contributed by atoms with Crippen molar-refractivity contribution in [3.63, 3.8) is 0 Å². The first kappa shape index (κ1) is 17.9. The third-order valence-electron chi connectivity index (χ3n) is 3.65. The maximum Gasteiger partial charge on any atom is 0.266 e. The monoisotopic (exact) mass is 387 g/mol. The fourth-order valence-corrected chi connectivity index (χ4v) is 3.87. The maximum atomic E-state index is 12.8. The van der Waals surface area contributed by atoms with Crippen LogP contribution in [0.4, 0.5) is 0 Å². The smallest absolute Gasteiger partial charge is 0.249 e. The van der Waals surface area contributed by atoms with Gasteiger partial charge in [0.2, 0.25) is 5.96 Å². The Morgan fingerprint density at radius 3 is 2.69 bits per heavy atom. The zero-order valence-corrected chi connectivity index (χ0v) is 15.1. The van der Waals surface area contributed by atoms with Crippen LogP contribution in [0.25, 0.3) is 0 Å². The van der Waals surface area contributed by atoms with Crippen molar-refractivity contribution in [3.8, 4) is 6.07 Å². The Labute approximate surface area is 156 Å². The maximum absolute atomic E-state index is 12.8. The molecule has 0 fully saturated rings. The number of nitrogens with zero attached hydrogens (tertiary/aromatic N) is 4. The minimum Gasteiger partial charge on any atom is -0.249 e. The second-order valence-corrected chi connectivity index (χ2v) is 7.60. The fourth-order valence-electron chi connectivity index (χ4n) is 2.36. The fraction of sp³-hybridized carbons (Fsp3) is 0.118. The number of rotatable bonds is 4. The number of hydrazone groups is 1. The van der Waals surface area contributed by atoms with Gasteiger partial charge < -0.3 is 0 Å². The number of benzene rings is 2. The lowest BCUT2D eigenvalue weighted by Crippen LogP contribution is -2.40. The molecule has 1 heterocycles. The van der Waals surface area contributed by atoms with Gasteiger partial charge in [0.15, 0.2) is 0 Å². The molecule has 0 saturated carbocycles. The van der Waals surface area contributed by atoms with Crippen LogP contribution in [0.1, 0.15) is 11.1 Å². The molecule has 9 heteroatoms. The Balaban J connectivity index is 1.77. The molecule has 0 amide bonds. The first-order valence-electron chi connectivity index (χ1n) is 7.63. The average molecular weight is 388 g/mol. The molecular formula is C17H14ClN5O2S. The molecular weight excluding hydrogens is 374 g/mol. The van der Waals surface area contributed by atoms with E-state index >= 15 is 0 Å². The van der Waals surface area contributed by atoms with Gasteiger partial charge in [-0.25, -0.2) is 23.1 Å². The Hall–Kier alpha value is -2.89. The third kappa shape index (κ3) is 3.69. The molecule has 0 unspecified atom stereocenters. The number of sulfonamides is 1. The molecule has 0 aromatic heterocycles. The first-order valence-corrected chi connectivity index (χ1v) is 9.45. The van der Waals surface area contributed by atoms with Gasteiger partial charge in [0.25, 0.3) is 10.0 Å². The van der Waals surface area contributed by atoms with Crippen LogP contribution in [0, 0.1) is 11.3 Å². The number of aliphatic imine (C=N–C) groups is 1. The molecule has 3 rings (SSSR count). The van der Waals surface area contributed by atoms with Gasteiger partial charge in [-0.3, -0.25) is 0 Å². The van der Waals surface area contributed by atoms with Gasteiger partial charge in [0.1, 0.15) is 0 Å². The van der Waals surface area contributed by atoms with Crippen molar-refractivity contribution in [1.29, 1.82) is 5.26 Å². The molecule has 7 nitrogen and oxygen atoms in total. The number of hydrogen-bond acceptors (Lipinski definition) is 6. The van der Waals surface area contributed by atoms with Crippen molar-refractivity contribution in [1.82, 2.24) is 9.73 Å². The van der Waals surface area contributed by atoms with Gasteiger partial charge in [0.05, 0.1) is 35.8 Å². The molecule has 0 aliphatic carbocycles. The van der Waals surface area contributed by atoms with Gasteiger partial charge >= 0.3 is 0 Å². The quantitative estimate of drug-likeness (QED) is 0.642. The summed E-state index contributed by atoms with van der Waals surface area (Å²) in [5, 5.41) is 13.5. The van der Waals surface area contributed by atoms with Crippen LogP contribution in [-0.4, -0.2) is 38.0 Å². The van der Waals surface area contributed by atoms with Crippen LogP contribution in [0.15, 0.2) is 63.5 Å². The molecule has 1 N–H and O–H groups in total. The molecule has 0 spiro atoms. The van der Waals surface area contributed by atoms with Crippen LogP contribution in [0.3, 0.4) is 0 Å². The number of guanidine groups is 1. The second-order valence-electron chi connectivity index (χ2n) is 5.31. The molecule has 1 aliphatic heterocycles. The molecule has 2 aromatic rings. The molecule has 26 heavy (non-hydrogen) atoms. The van der Waals surface area contributed by atoms with Crippen molar-refractivity contribution < 1.29 is 8.42 Å². The van der Waals surface area contributed by atoms with Crippen LogP contribution < -0.4 is 5.43 Å². The summed E-state index contributed by atoms with van der Waals surface area (Å²) in [5.41, 5.74) is 3.74. The standard InChI is InChI=1S/C17H14ClN5O2S/c18-15-5-7-16(8-6-15)26(24,25)23-10-9-20-17(23)22-21-12-14-4-2-1-3-13(14)11-19/h1-8,12H,9-10H2,(H,20,22)/b21-12+. The Bertz CT molecular complexity index is 1010. The highest BCUT2D eigenvalue weighted by Gasteiger charge is 2.30. The van der Waals surface area contributed by atoms with E-state index in [9.17, 15) is 8.42 Å². The summed E-state index contributed by atoms with van der Waals surface area (Å²) in [6, 6.07) is 14.9. The minimum absolute atomic E-state index is 0.122. The number of nitriles is 1. The first-order chi connectivity index (χ1) is 12.5. The van der Waals surface area contributed by atoms with Crippen molar-refractivity contribution in [3.05, 3.63) is 64.7 Å². The van der Waals surface area contributed by atoms with Crippen LogP contribution in [0.5, 0.6) is 0 Å². The van der Waals surface area contributed by atoms with E-state index in [0.717, 1.165) is 4.31 Å². The third-order valence-corrected chi connectivity index (χ3v) is 5.71. The van der Waals surface area contributed by atoms with E-state index in [-0.39, 0.29) is 17.4 Å². The Morgan fingerprint density at radius 1 is 1.23 bits per heavy atom. The highest BCUT2D eigenvalue weighted by molar-refractivity contribution is 7.89. The number of nitrogens with one attached hydrogen (secondary N) is 1. The summed E-state index contributed by atoms with van der Waals surface area (Å²) >= 11 is 5.82. The van der Waals surface area contributed by atoms with E-state index in [4.69, 9.17) is 16.9 Å². The predicted molar refractivity (Wildman–Crippen MR) is 99.5 cm³/mol. The highest BCUT2D eigenvalue weighted by Crippen LogP contribution is 2.20. The van der Waals surface area contributed by atoms with Crippen LogP contribution in [0.2, 0.25) is 5.02 Å².